The lowest BCUT2D eigenvalue weighted by Gasteiger charge is -2.17. The van der Waals surface area contributed by atoms with Gasteiger partial charge in [-0.05, 0) is 31.0 Å². The number of nitrogens with one attached hydrogen (secondary N) is 1. The molecule has 0 saturated heterocycles. The smallest absolute Gasteiger partial charge is 0.207 e. The lowest BCUT2D eigenvalue weighted by Crippen LogP contribution is -2.28. The SMILES string of the molecule is CCC(NS(=O)(=O)c1ccc(C)cc1)c1ccccc1. The van der Waals surface area contributed by atoms with Gasteiger partial charge in [-0.3, -0.25) is 0 Å². The van der Waals surface area contributed by atoms with Gasteiger partial charge in [0.05, 0.1) is 4.90 Å². The summed E-state index contributed by atoms with van der Waals surface area (Å²) in [7, 11) is -3.49. The van der Waals surface area contributed by atoms with Crippen molar-refractivity contribution in [3.05, 3.63) is 65.7 Å². The van der Waals surface area contributed by atoms with E-state index in [1.165, 1.54) is 0 Å². The van der Waals surface area contributed by atoms with E-state index in [0.717, 1.165) is 11.1 Å². The molecular formula is C16H19NO2S. The Balaban J connectivity index is 2.24. The van der Waals surface area contributed by atoms with Crippen LogP contribution in [0.25, 0.3) is 0 Å². The first-order valence-electron chi connectivity index (χ1n) is 6.67. The van der Waals surface area contributed by atoms with Crippen molar-refractivity contribution < 1.29 is 8.42 Å². The van der Waals surface area contributed by atoms with Crippen LogP contribution in [0.15, 0.2) is 59.5 Å². The van der Waals surface area contributed by atoms with Gasteiger partial charge >= 0.3 is 0 Å². The summed E-state index contributed by atoms with van der Waals surface area (Å²) in [5.74, 6) is 0. The number of rotatable bonds is 5. The van der Waals surface area contributed by atoms with Gasteiger partial charge in [-0.2, -0.15) is 0 Å². The van der Waals surface area contributed by atoms with E-state index in [2.05, 4.69) is 4.72 Å². The lowest BCUT2D eigenvalue weighted by molar-refractivity contribution is 0.550. The highest BCUT2D eigenvalue weighted by Crippen LogP contribution is 2.20. The molecule has 20 heavy (non-hydrogen) atoms. The van der Waals surface area contributed by atoms with Crippen LogP contribution in [0.1, 0.15) is 30.5 Å². The van der Waals surface area contributed by atoms with E-state index in [1.54, 1.807) is 24.3 Å². The van der Waals surface area contributed by atoms with Crippen LogP contribution in [0, 0.1) is 6.92 Å². The molecule has 0 aliphatic rings. The van der Waals surface area contributed by atoms with E-state index in [-0.39, 0.29) is 6.04 Å². The van der Waals surface area contributed by atoms with E-state index in [0.29, 0.717) is 11.3 Å². The van der Waals surface area contributed by atoms with Gasteiger partial charge < -0.3 is 0 Å². The zero-order valence-electron chi connectivity index (χ0n) is 11.7. The highest BCUT2D eigenvalue weighted by molar-refractivity contribution is 7.89. The van der Waals surface area contributed by atoms with Gasteiger partial charge in [0, 0.05) is 6.04 Å². The van der Waals surface area contributed by atoms with Crippen molar-refractivity contribution in [2.45, 2.75) is 31.2 Å². The van der Waals surface area contributed by atoms with Crippen LogP contribution in [0.3, 0.4) is 0 Å². The minimum atomic E-state index is -3.49. The minimum absolute atomic E-state index is 0.206. The third-order valence-electron chi connectivity index (χ3n) is 3.24. The molecule has 4 heteroatoms. The fourth-order valence-corrected chi connectivity index (χ4v) is 3.35. The molecule has 0 aliphatic carbocycles. The van der Waals surface area contributed by atoms with Crippen molar-refractivity contribution in [3.8, 4) is 0 Å². The zero-order valence-corrected chi connectivity index (χ0v) is 12.5. The van der Waals surface area contributed by atoms with Crippen LogP contribution in [-0.2, 0) is 10.0 Å². The van der Waals surface area contributed by atoms with Gasteiger partial charge in [-0.25, -0.2) is 13.1 Å². The number of benzene rings is 2. The quantitative estimate of drug-likeness (QED) is 0.916. The maximum Gasteiger partial charge on any atom is 0.241 e. The molecule has 1 unspecified atom stereocenters. The first-order valence-corrected chi connectivity index (χ1v) is 8.15. The Kier molecular flexibility index (Phi) is 4.57. The molecule has 0 heterocycles. The van der Waals surface area contributed by atoms with Gasteiger partial charge in [0.25, 0.3) is 0 Å². The second-order valence-corrected chi connectivity index (χ2v) is 6.52. The van der Waals surface area contributed by atoms with Gasteiger partial charge in [0.1, 0.15) is 0 Å². The maximum absolute atomic E-state index is 12.4. The number of hydrogen-bond acceptors (Lipinski definition) is 2. The highest BCUT2D eigenvalue weighted by atomic mass is 32.2. The molecule has 3 nitrogen and oxygen atoms in total. The molecule has 0 fully saturated rings. The van der Waals surface area contributed by atoms with E-state index >= 15 is 0 Å². The topological polar surface area (TPSA) is 46.2 Å². The number of sulfonamides is 1. The third-order valence-corrected chi connectivity index (χ3v) is 4.73. The van der Waals surface area contributed by atoms with Gasteiger partial charge in [-0.1, -0.05) is 55.0 Å². The first-order chi connectivity index (χ1) is 9.53. The molecule has 0 bridgehead atoms. The van der Waals surface area contributed by atoms with Crippen LogP contribution in [-0.4, -0.2) is 8.42 Å². The Morgan fingerprint density at radius 1 is 1.00 bits per heavy atom. The largest absolute Gasteiger partial charge is 0.241 e. The molecular weight excluding hydrogens is 270 g/mol. The Morgan fingerprint density at radius 3 is 2.15 bits per heavy atom. The molecule has 0 aliphatic heterocycles. The van der Waals surface area contributed by atoms with E-state index in [4.69, 9.17) is 0 Å². The predicted octanol–water partition coefficient (Wildman–Crippen LogP) is 3.42. The molecule has 0 radical (unpaired) electrons. The van der Waals surface area contributed by atoms with Gasteiger partial charge in [0.2, 0.25) is 10.0 Å². The summed E-state index contributed by atoms with van der Waals surface area (Å²) in [5, 5.41) is 0. The fourth-order valence-electron chi connectivity index (χ4n) is 2.05. The number of aryl methyl sites for hydroxylation is 1. The molecule has 0 spiro atoms. The van der Waals surface area contributed by atoms with E-state index in [1.807, 2.05) is 44.2 Å². The van der Waals surface area contributed by atoms with Crippen LogP contribution in [0.2, 0.25) is 0 Å². The monoisotopic (exact) mass is 289 g/mol. The molecule has 106 valence electrons. The number of hydrogen-bond donors (Lipinski definition) is 1. The van der Waals surface area contributed by atoms with Crippen LogP contribution >= 0.6 is 0 Å². The summed E-state index contributed by atoms with van der Waals surface area (Å²) in [6.07, 6.45) is 0.703. The molecule has 2 aromatic carbocycles. The van der Waals surface area contributed by atoms with Gasteiger partial charge in [-0.15, -0.1) is 0 Å². The van der Waals surface area contributed by atoms with Crippen LogP contribution in [0.4, 0.5) is 0 Å². The third kappa shape index (κ3) is 3.46. The fraction of sp³-hybridized carbons (Fsp3) is 0.250. The van der Waals surface area contributed by atoms with Crippen molar-refractivity contribution in [2.24, 2.45) is 0 Å². The zero-order chi connectivity index (χ0) is 14.6. The van der Waals surface area contributed by atoms with Crippen LogP contribution < -0.4 is 4.72 Å². The highest BCUT2D eigenvalue weighted by Gasteiger charge is 2.19. The Hall–Kier alpha value is -1.65. The summed E-state index contributed by atoms with van der Waals surface area (Å²) in [6, 6.07) is 16.3. The average molecular weight is 289 g/mol. The summed E-state index contributed by atoms with van der Waals surface area (Å²) in [5.41, 5.74) is 2.02. The van der Waals surface area contributed by atoms with Crippen molar-refractivity contribution in [1.82, 2.24) is 4.72 Å². The van der Waals surface area contributed by atoms with Crippen LogP contribution in [0.5, 0.6) is 0 Å². The molecule has 0 amide bonds. The van der Waals surface area contributed by atoms with Crippen molar-refractivity contribution in [1.29, 1.82) is 0 Å². The Morgan fingerprint density at radius 2 is 1.60 bits per heavy atom. The minimum Gasteiger partial charge on any atom is -0.207 e. The average Bonchev–Trinajstić information content (AvgIpc) is 2.46. The lowest BCUT2D eigenvalue weighted by atomic mass is 10.1. The summed E-state index contributed by atoms with van der Waals surface area (Å²) in [4.78, 5) is 0.303. The Labute approximate surface area is 120 Å². The molecule has 0 saturated carbocycles. The van der Waals surface area contributed by atoms with Crippen molar-refractivity contribution in [2.75, 3.05) is 0 Å². The second-order valence-electron chi connectivity index (χ2n) is 4.81. The van der Waals surface area contributed by atoms with Gasteiger partial charge in [0.15, 0.2) is 0 Å². The Bertz CT molecular complexity index is 649. The van der Waals surface area contributed by atoms with Crippen molar-refractivity contribution in [3.63, 3.8) is 0 Å². The standard InChI is InChI=1S/C16H19NO2S/c1-3-16(14-7-5-4-6-8-14)17-20(18,19)15-11-9-13(2)10-12-15/h4-12,16-17H,3H2,1-2H3. The molecule has 2 aromatic rings. The summed E-state index contributed by atoms with van der Waals surface area (Å²) < 4.78 is 27.5. The first kappa shape index (κ1) is 14.8. The molecule has 1 N–H and O–H groups in total. The maximum atomic E-state index is 12.4. The van der Waals surface area contributed by atoms with E-state index in [9.17, 15) is 8.42 Å². The summed E-state index contributed by atoms with van der Waals surface area (Å²) in [6.45, 7) is 3.90. The molecule has 1 atom stereocenters. The molecule has 2 rings (SSSR count). The second kappa shape index (κ2) is 6.20. The van der Waals surface area contributed by atoms with E-state index < -0.39 is 10.0 Å². The normalized spacial score (nSPS) is 13.1. The molecule has 0 aromatic heterocycles. The van der Waals surface area contributed by atoms with Crippen molar-refractivity contribution >= 4 is 10.0 Å². The predicted molar refractivity (Wildman–Crippen MR) is 81.0 cm³/mol. The summed E-state index contributed by atoms with van der Waals surface area (Å²) >= 11 is 0.